The minimum Gasteiger partial charge on any atom is -0.483 e. The summed E-state index contributed by atoms with van der Waals surface area (Å²) in [5.74, 6) is -2.66. The summed E-state index contributed by atoms with van der Waals surface area (Å²) in [5.41, 5.74) is 0. The van der Waals surface area contributed by atoms with E-state index in [2.05, 4.69) is 52.5 Å². The van der Waals surface area contributed by atoms with Gasteiger partial charge in [0.1, 0.15) is 11.9 Å². The molecule has 8 heteroatoms. The average Bonchev–Trinajstić information content (AvgIpc) is 3.30. The van der Waals surface area contributed by atoms with Gasteiger partial charge in [-0.1, -0.05) is 18.2 Å². The molecule has 2 heterocycles. The molecule has 6 nitrogen and oxygen atoms in total. The smallest absolute Gasteiger partial charge is 0.414 e. The first-order valence-corrected chi connectivity index (χ1v) is 9.56. The Bertz CT molecular complexity index is 832. The summed E-state index contributed by atoms with van der Waals surface area (Å²) < 4.78 is 7.55. The Labute approximate surface area is 158 Å². The zero-order valence-corrected chi connectivity index (χ0v) is 15.7. The fraction of sp³-hybridized carbons (Fsp3) is 0.222. The van der Waals surface area contributed by atoms with Gasteiger partial charge in [-0.05, 0) is 47.9 Å². The number of hydrogen-bond acceptors (Lipinski definition) is 6. The van der Waals surface area contributed by atoms with E-state index >= 15 is 0 Å². The third kappa shape index (κ3) is 5.55. The van der Waals surface area contributed by atoms with Gasteiger partial charge in [-0.2, -0.15) is 0 Å². The number of hydrogen-bond donors (Lipinski definition) is 3. The lowest BCUT2D eigenvalue weighted by Gasteiger charge is -2.18. The first-order chi connectivity index (χ1) is 12.5. The molecule has 3 rings (SSSR count). The summed E-state index contributed by atoms with van der Waals surface area (Å²) in [7, 11) is 1.98. The first kappa shape index (κ1) is 19.9. The van der Waals surface area contributed by atoms with Gasteiger partial charge in [0, 0.05) is 11.3 Å². The molecule has 2 aromatic heterocycles. The van der Waals surface area contributed by atoms with Crippen LogP contribution in [0.5, 0.6) is 5.75 Å². The van der Waals surface area contributed by atoms with E-state index < -0.39 is 11.9 Å². The lowest BCUT2D eigenvalue weighted by atomic mass is 10.2. The molecular formula is C18H19NO5S2. The van der Waals surface area contributed by atoms with Crippen molar-refractivity contribution in [2.24, 2.45) is 0 Å². The van der Waals surface area contributed by atoms with Crippen LogP contribution < -0.4 is 10.1 Å². The Balaban J connectivity index is 0.000000352. The Hall–Kier alpha value is -2.42. The first-order valence-electron chi connectivity index (χ1n) is 7.80. The van der Waals surface area contributed by atoms with Crippen molar-refractivity contribution >= 4 is 44.7 Å². The minimum absolute atomic E-state index is 0.121. The lowest BCUT2D eigenvalue weighted by molar-refractivity contribution is -0.159. The highest BCUT2D eigenvalue weighted by molar-refractivity contribution is 7.17. The van der Waals surface area contributed by atoms with Gasteiger partial charge in [-0.25, -0.2) is 9.59 Å². The molecule has 3 N–H and O–H groups in total. The molecule has 3 aromatic rings. The molecule has 0 amide bonds. The van der Waals surface area contributed by atoms with Crippen molar-refractivity contribution < 1.29 is 24.5 Å². The van der Waals surface area contributed by atoms with E-state index in [9.17, 15) is 0 Å². The molecule has 0 aliphatic heterocycles. The molecule has 1 atom stereocenters. The second-order valence-corrected chi connectivity index (χ2v) is 7.11. The molecule has 0 radical (unpaired) electrons. The molecule has 0 bridgehead atoms. The highest BCUT2D eigenvalue weighted by atomic mass is 32.1. The number of rotatable bonds is 6. The van der Waals surface area contributed by atoms with Crippen LogP contribution >= 0.6 is 22.7 Å². The van der Waals surface area contributed by atoms with Crippen LogP contribution in [0, 0.1) is 0 Å². The van der Waals surface area contributed by atoms with Crippen molar-refractivity contribution in [3.05, 3.63) is 52.0 Å². The number of fused-ring (bicyclic) bond motifs is 1. The zero-order valence-electron chi connectivity index (χ0n) is 14.0. The summed E-state index contributed by atoms with van der Waals surface area (Å²) >= 11 is 3.50. The van der Waals surface area contributed by atoms with Crippen molar-refractivity contribution in [3.8, 4) is 5.75 Å². The van der Waals surface area contributed by atoms with Crippen LogP contribution in [0.2, 0.25) is 0 Å². The number of carboxylic acids is 2. The molecule has 138 valence electrons. The predicted octanol–water partition coefficient (Wildman–Crippen LogP) is 3.85. The van der Waals surface area contributed by atoms with Gasteiger partial charge in [-0.15, -0.1) is 22.7 Å². The Morgan fingerprint density at radius 2 is 1.85 bits per heavy atom. The summed E-state index contributed by atoms with van der Waals surface area (Å²) in [6.45, 7) is 0.947. The highest BCUT2D eigenvalue weighted by Crippen LogP contribution is 2.35. The van der Waals surface area contributed by atoms with E-state index in [0.717, 1.165) is 18.7 Å². The predicted molar refractivity (Wildman–Crippen MR) is 103 cm³/mol. The molecule has 0 spiro atoms. The summed E-state index contributed by atoms with van der Waals surface area (Å²) in [6, 6.07) is 12.6. The Kier molecular flexibility index (Phi) is 7.58. The van der Waals surface area contributed by atoms with Gasteiger partial charge in [0.15, 0.2) is 0 Å². The summed E-state index contributed by atoms with van der Waals surface area (Å²) in [6.07, 6.45) is 1.09. The lowest BCUT2D eigenvalue weighted by Crippen LogP contribution is -2.15. The van der Waals surface area contributed by atoms with Gasteiger partial charge in [0.2, 0.25) is 0 Å². The number of benzene rings is 1. The molecule has 0 aliphatic rings. The maximum atomic E-state index is 9.10. The van der Waals surface area contributed by atoms with Crippen LogP contribution in [0.1, 0.15) is 17.4 Å². The van der Waals surface area contributed by atoms with Gasteiger partial charge >= 0.3 is 11.9 Å². The normalized spacial score (nSPS) is 11.4. The highest BCUT2D eigenvalue weighted by Gasteiger charge is 2.15. The van der Waals surface area contributed by atoms with Crippen molar-refractivity contribution in [2.45, 2.75) is 12.5 Å². The molecule has 0 unspecified atom stereocenters. The average molecular weight is 393 g/mol. The largest absolute Gasteiger partial charge is 0.483 e. The topological polar surface area (TPSA) is 95.9 Å². The van der Waals surface area contributed by atoms with Crippen LogP contribution in [0.15, 0.2) is 47.2 Å². The number of carbonyl (C=O) groups is 2. The summed E-state index contributed by atoms with van der Waals surface area (Å²) in [5, 5.41) is 23.5. The van der Waals surface area contributed by atoms with E-state index in [-0.39, 0.29) is 6.10 Å². The molecule has 26 heavy (non-hydrogen) atoms. The molecule has 0 fully saturated rings. The quantitative estimate of drug-likeness (QED) is 0.551. The van der Waals surface area contributed by atoms with Crippen molar-refractivity contribution in [3.63, 3.8) is 0 Å². The fourth-order valence-electron chi connectivity index (χ4n) is 2.22. The SMILES string of the molecule is CNCC[C@H](Oc1cccc2ccsc12)c1cccs1.O=C(O)C(=O)O. The third-order valence-corrected chi connectivity index (χ3v) is 5.32. The van der Waals surface area contributed by atoms with Crippen molar-refractivity contribution in [2.75, 3.05) is 13.6 Å². The standard InChI is InChI=1S/C16H17NOS2.C2H2O4/c1-17-9-7-13(15-6-3-10-19-15)18-14-5-2-4-12-8-11-20-16(12)14;3-1(4)2(5)6/h2-6,8,10-11,13,17H,7,9H2,1H3;(H,3,4)(H,5,6)/t13-;/m0./s1. The second-order valence-electron chi connectivity index (χ2n) is 5.22. The van der Waals surface area contributed by atoms with E-state index in [1.165, 1.54) is 15.0 Å². The van der Waals surface area contributed by atoms with Crippen LogP contribution in [0.25, 0.3) is 10.1 Å². The van der Waals surface area contributed by atoms with Crippen molar-refractivity contribution in [1.82, 2.24) is 5.32 Å². The van der Waals surface area contributed by atoms with Crippen LogP contribution in [-0.4, -0.2) is 35.7 Å². The summed E-state index contributed by atoms with van der Waals surface area (Å²) in [4.78, 5) is 19.5. The number of nitrogens with one attached hydrogen (secondary N) is 1. The van der Waals surface area contributed by atoms with Gasteiger partial charge in [0.05, 0.1) is 4.70 Å². The Morgan fingerprint density at radius 3 is 2.46 bits per heavy atom. The minimum atomic E-state index is -1.82. The second kappa shape index (κ2) is 9.91. The number of ether oxygens (including phenoxy) is 1. The van der Waals surface area contributed by atoms with Gasteiger partial charge in [-0.3, -0.25) is 0 Å². The maximum absolute atomic E-state index is 9.10. The number of carboxylic acid groups (broad SMARTS) is 2. The number of aliphatic carboxylic acids is 2. The maximum Gasteiger partial charge on any atom is 0.414 e. The van der Waals surface area contributed by atoms with Crippen LogP contribution in [0.3, 0.4) is 0 Å². The van der Waals surface area contributed by atoms with E-state index in [0.29, 0.717) is 0 Å². The van der Waals surface area contributed by atoms with E-state index in [1.807, 2.05) is 7.05 Å². The third-order valence-electron chi connectivity index (χ3n) is 3.41. The van der Waals surface area contributed by atoms with Crippen LogP contribution in [-0.2, 0) is 9.59 Å². The molecule has 0 aliphatic carbocycles. The monoisotopic (exact) mass is 393 g/mol. The molecule has 0 saturated carbocycles. The van der Waals surface area contributed by atoms with E-state index in [1.54, 1.807) is 22.7 Å². The molecule has 0 saturated heterocycles. The zero-order chi connectivity index (χ0) is 18.9. The van der Waals surface area contributed by atoms with Crippen molar-refractivity contribution in [1.29, 1.82) is 0 Å². The fourth-order valence-corrected chi connectivity index (χ4v) is 3.87. The van der Waals surface area contributed by atoms with Crippen LogP contribution in [0.4, 0.5) is 0 Å². The molecular weight excluding hydrogens is 374 g/mol. The van der Waals surface area contributed by atoms with E-state index in [4.69, 9.17) is 24.5 Å². The molecule has 1 aromatic carbocycles. The van der Waals surface area contributed by atoms with Gasteiger partial charge in [0.25, 0.3) is 0 Å². The number of thiophene rings is 2. The van der Waals surface area contributed by atoms with Gasteiger partial charge < -0.3 is 20.3 Å². The Morgan fingerprint density at radius 1 is 1.08 bits per heavy atom.